The van der Waals surface area contributed by atoms with Crippen LogP contribution in [0.3, 0.4) is 0 Å². The summed E-state index contributed by atoms with van der Waals surface area (Å²) in [6, 6.07) is 15.8. The Balaban J connectivity index is 1.72. The van der Waals surface area contributed by atoms with Gasteiger partial charge in [-0.15, -0.1) is 0 Å². The number of nitrogen functional groups attached to an aromatic ring is 1. The molecule has 3 atom stereocenters. The van der Waals surface area contributed by atoms with Crippen molar-refractivity contribution >= 4 is 41.2 Å². The van der Waals surface area contributed by atoms with Gasteiger partial charge < -0.3 is 29.0 Å². The van der Waals surface area contributed by atoms with Crippen molar-refractivity contribution in [2.75, 3.05) is 25.3 Å². The Labute approximate surface area is 265 Å². The van der Waals surface area contributed by atoms with Gasteiger partial charge in [-0.3, -0.25) is 9.36 Å². The largest absolute Gasteiger partial charge is 0.462 e. The lowest BCUT2D eigenvalue weighted by Crippen LogP contribution is -2.39. The number of nitrogens with zero attached hydrogens (tertiary/aromatic N) is 3. The van der Waals surface area contributed by atoms with Crippen molar-refractivity contribution in [2.24, 2.45) is 0 Å². The number of fused-ring (bicyclic) bond motifs is 3. The molecule has 0 bridgehead atoms. The topological polar surface area (TPSA) is 140 Å². The zero-order chi connectivity index (χ0) is 32.6. The van der Waals surface area contributed by atoms with Crippen LogP contribution in [-0.2, 0) is 35.7 Å². The minimum atomic E-state index is -3.76. The van der Waals surface area contributed by atoms with Crippen molar-refractivity contribution in [1.29, 1.82) is 0 Å². The number of rotatable bonds is 17. The first-order valence-corrected chi connectivity index (χ1v) is 17.3. The monoisotopic (exact) mass is 639 g/mol. The average molecular weight is 640 g/mol. The van der Waals surface area contributed by atoms with Crippen molar-refractivity contribution in [1.82, 2.24) is 19.6 Å². The molecule has 3 N–H and O–H groups in total. The van der Waals surface area contributed by atoms with Crippen LogP contribution < -0.4 is 15.3 Å². The van der Waals surface area contributed by atoms with Gasteiger partial charge in [-0.25, -0.2) is 15.1 Å². The Morgan fingerprint density at radius 1 is 1.04 bits per heavy atom. The molecule has 2 aromatic heterocycles. The van der Waals surface area contributed by atoms with Crippen LogP contribution in [0, 0.1) is 0 Å². The zero-order valence-electron chi connectivity index (χ0n) is 27.1. The predicted octanol–water partition coefficient (Wildman–Crippen LogP) is 6.78. The highest BCUT2D eigenvalue weighted by molar-refractivity contribution is 7.57. The number of unbranched alkanes of at least 4 members (excludes halogenated alkanes) is 1. The van der Waals surface area contributed by atoms with Gasteiger partial charge in [0.1, 0.15) is 36.1 Å². The van der Waals surface area contributed by atoms with E-state index in [1.54, 1.807) is 45.0 Å². The molecule has 244 valence electrons. The minimum Gasteiger partial charge on any atom is -0.462 e. The Hall–Kier alpha value is -3.50. The average Bonchev–Trinajstić information content (AvgIpc) is 3.40. The van der Waals surface area contributed by atoms with Crippen LogP contribution >= 0.6 is 7.52 Å². The van der Waals surface area contributed by atoms with Crippen LogP contribution in [0.25, 0.3) is 21.9 Å². The van der Waals surface area contributed by atoms with E-state index in [9.17, 15) is 9.36 Å². The normalized spacial score (nSPS) is 15.2. The van der Waals surface area contributed by atoms with E-state index < -0.39 is 25.1 Å². The Kier molecular flexibility index (Phi) is 11.6. The van der Waals surface area contributed by atoms with Gasteiger partial charge in [0.25, 0.3) is 0 Å². The SMILES string of the molecule is CCCCC(C)(COCP(=O)(NC(C)C(=O)OC(C)C)Oc1ccccc1)n1c(COCC)nc2c(N)nc3ccccc3c21. The zero-order valence-corrected chi connectivity index (χ0v) is 28.0. The molecule has 0 saturated carbocycles. The number of aromatic nitrogens is 3. The quantitative estimate of drug-likeness (QED) is 0.0938. The molecular weight excluding hydrogens is 593 g/mol. The lowest BCUT2D eigenvalue weighted by atomic mass is 9.94. The van der Waals surface area contributed by atoms with Gasteiger partial charge in [0, 0.05) is 12.0 Å². The lowest BCUT2D eigenvalue weighted by Gasteiger charge is -2.34. The third-order valence-electron chi connectivity index (χ3n) is 7.40. The summed E-state index contributed by atoms with van der Waals surface area (Å²) < 4.78 is 39.9. The molecule has 0 aliphatic rings. The van der Waals surface area contributed by atoms with E-state index in [4.69, 9.17) is 29.5 Å². The highest BCUT2D eigenvalue weighted by Gasteiger charge is 2.36. The molecule has 0 amide bonds. The molecule has 4 rings (SSSR count). The molecule has 0 radical (unpaired) electrons. The summed E-state index contributed by atoms with van der Waals surface area (Å²) in [6.45, 7) is 12.2. The van der Waals surface area contributed by atoms with Gasteiger partial charge in [0.05, 0.1) is 29.3 Å². The summed E-state index contributed by atoms with van der Waals surface area (Å²) in [7, 11) is -3.76. The van der Waals surface area contributed by atoms with Crippen molar-refractivity contribution in [2.45, 2.75) is 85.1 Å². The molecule has 0 aliphatic carbocycles. The Morgan fingerprint density at radius 2 is 1.76 bits per heavy atom. The number of nitrogens with one attached hydrogen (secondary N) is 1. The fraction of sp³-hybridized carbons (Fsp3) is 0.485. The highest BCUT2D eigenvalue weighted by Crippen LogP contribution is 2.44. The van der Waals surface area contributed by atoms with E-state index in [0.717, 1.165) is 35.7 Å². The van der Waals surface area contributed by atoms with Gasteiger partial charge in [-0.05, 0) is 59.2 Å². The lowest BCUT2D eigenvalue weighted by molar-refractivity contribution is -0.149. The van der Waals surface area contributed by atoms with Gasteiger partial charge in [0.15, 0.2) is 5.82 Å². The molecule has 11 nitrogen and oxygen atoms in total. The standard InChI is InChI=1S/C33H46N5O6P/c1-7-9-19-33(6,38-28(20-41-8-2)36-29-30(38)26-17-13-14-18-27(26)35-31(29)34)21-42-22-45(40,44-25-15-11-10-12-16-25)37-24(5)32(39)43-23(3)4/h10-18,23-24H,7-9,19-22H2,1-6H3,(H2,34,35)(H,37,40). The number of carbonyl (C=O) groups excluding carboxylic acids is 1. The number of para-hydroxylation sites is 2. The number of nitrogens with two attached hydrogens (primary N) is 1. The van der Waals surface area contributed by atoms with Crippen molar-refractivity contribution in [3.63, 3.8) is 0 Å². The first-order chi connectivity index (χ1) is 21.5. The third-order valence-corrected chi connectivity index (χ3v) is 9.21. The predicted molar refractivity (Wildman–Crippen MR) is 177 cm³/mol. The Morgan fingerprint density at radius 3 is 2.44 bits per heavy atom. The highest BCUT2D eigenvalue weighted by atomic mass is 31.2. The van der Waals surface area contributed by atoms with E-state index in [2.05, 4.69) is 28.5 Å². The van der Waals surface area contributed by atoms with Crippen LogP contribution in [0.2, 0.25) is 0 Å². The molecule has 2 aromatic carbocycles. The van der Waals surface area contributed by atoms with E-state index in [1.165, 1.54) is 0 Å². The molecule has 0 saturated heterocycles. The summed E-state index contributed by atoms with van der Waals surface area (Å²) in [5.74, 6) is 0.902. The van der Waals surface area contributed by atoms with Crippen LogP contribution in [0.15, 0.2) is 54.6 Å². The van der Waals surface area contributed by atoms with E-state index in [1.807, 2.05) is 37.3 Å². The number of esters is 1. The van der Waals surface area contributed by atoms with Crippen LogP contribution in [0.1, 0.15) is 66.6 Å². The maximum atomic E-state index is 14.3. The van der Waals surface area contributed by atoms with Crippen LogP contribution in [0.4, 0.5) is 5.82 Å². The second kappa shape index (κ2) is 15.2. The summed E-state index contributed by atoms with van der Waals surface area (Å²) in [4.78, 5) is 22.2. The summed E-state index contributed by atoms with van der Waals surface area (Å²) in [5, 5.41) is 3.80. The number of imidazole rings is 1. The fourth-order valence-electron chi connectivity index (χ4n) is 5.33. The fourth-order valence-corrected chi connectivity index (χ4v) is 7.00. The van der Waals surface area contributed by atoms with Crippen molar-refractivity contribution < 1.29 is 28.1 Å². The summed E-state index contributed by atoms with van der Waals surface area (Å²) in [6.07, 6.45) is 1.99. The Bertz CT molecular complexity index is 1630. The molecule has 0 spiro atoms. The summed E-state index contributed by atoms with van der Waals surface area (Å²) in [5.41, 5.74) is 8.02. The smallest absolute Gasteiger partial charge is 0.342 e. The number of carbonyl (C=O) groups is 1. The van der Waals surface area contributed by atoms with Gasteiger partial charge in [-0.1, -0.05) is 56.2 Å². The summed E-state index contributed by atoms with van der Waals surface area (Å²) >= 11 is 0. The van der Waals surface area contributed by atoms with E-state index in [0.29, 0.717) is 29.5 Å². The van der Waals surface area contributed by atoms with Crippen molar-refractivity contribution in [3.05, 3.63) is 60.4 Å². The maximum absolute atomic E-state index is 14.3. The number of hydrogen-bond acceptors (Lipinski definition) is 9. The maximum Gasteiger partial charge on any atom is 0.342 e. The van der Waals surface area contributed by atoms with Gasteiger partial charge in [0.2, 0.25) is 0 Å². The number of hydrogen-bond donors (Lipinski definition) is 2. The number of pyridine rings is 1. The first-order valence-electron chi connectivity index (χ1n) is 15.5. The molecule has 0 aliphatic heterocycles. The number of anilines is 1. The van der Waals surface area contributed by atoms with Crippen LogP contribution in [-0.4, -0.2) is 52.2 Å². The van der Waals surface area contributed by atoms with E-state index in [-0.39, 0.29) is 25.7 Å². The second-order valence-electron chi connectivity index (χ2n) is 11.7. The molecule has 12 heteroatoms. The number of ether oxygens (including phenoxy) is 3. The second-order valence-corrected chi connectivity index (χ2v) is 13.8. The minimum absolute atomic E-state index is 0.169. The third kappa shape index (κ3) is 8.41. The van der Waals surface area contributed by atoms with E-state index >= 15 is 0 Å². The molecule has 0 fully saturated rings. The van der Waals surface area contributed by atoms with Gasteiger partial charge >= 0.3 is 13.5 Å². The number of benzene rings is 2. The molecule has 2 heterocycles. The molecule has 3 unspecified atom stereocenters. The van der Waals surface area contributed by atoms with Crippen molar-refractivity contribution in [3.8, 4) is 5.75 Å². The molecule has 45 heavy (non-hydrogen) atoms. The molecule has 4 aromatic rings. The first kappa shape index (κ1) is 34.4. The van der Waals surface area contributed by atoms with Crippen LogP contribution in [0.5, 0.6) is 5.75 Å². The molecular formula is C33H46N5O6P. The van der Waals surface area contributed by atoms with Gasteiger partial charge in [-0.2, -0.15) is 0 Å².